The maximum atomic E-state index is 12.5. The zero-order valence-corrected chi connectivity index (χ0v) is 14.8. The molecule has 0 spiro atoms. The first-order chi connectivity index (χ1) is 11.5. The third-order valence-corrected chi connectivity index (χ3v) is 5.04. The number of rotatable bonds is 3. The third-order valence-electron chi connectivity index (χ3n) is 5.04. The van der Waals surface area contributed by atoms with Crippen LogP contribution < -0.4 is 10.2 Å². The van der Waals surface area contributed by atoms with E-state index in [2.05, 4.69) is 67.4 Å². The topological polar surface area (TPSA) is 32.3 Å². The molecule has 3 rings (SSSR count). The molecule has 3 nitrogen and oxygen atoms in total. The molecule has 0 bridgehead atoms. The highest BCUT2D eigenvalue weighted by Gasteiger charge is 2.25. The van der Waals surface area contributed by atoms with E-state index in [1.54, 1.807) is 0 Å². The molecule has 2 aromatic carbocycles. The van der Waals surface area contributed by atoms with E-state index in [-0.39, 0.29) is 11.8 Å². The summed E-state index contributed by atoms with van der Waals surface area (Å²) in [6, 6.07) is 14.7. The number of nitrogens with zero attached hydrogens (tertiary/aromatic N) is 1. The molecule has 126 valence electrons. The van der Waals surface area contributed by atoms with Crippen LogP contribution in [0.1, 0.15) is 29.5 Å². The predicted octanol–water partition coefficient (Wildman–Crippen LogP) is 4.47. The molecule has 0 atom stereocenters. The molecular weight excluding hydrogens is 296 g/mol. The number of piperidine rings is 1. The van der Waals surface area contributed by atoms with Crippen molar-refractivity contribution in [3.05, 3.63) is 59.2 Å². The summed E-state index contributed by atoms with van der Waals surface area (Å²) in [5.41, 5.74) is 5.90. The standard InChI is InChI=1S/C21H26N2O/c1-15-4-8-20(9-5-15)23-12-10-18(11-13-23)21(24)22-19-7-6-16(2)17(3)14-19/h4-9,14,18H,10-13H2,1-3H3,(H,22,24). The van der Waals surface area contributed by atoms with Gasteiger partial charge in [-0.05, 0) is 69.0 Å². The van der Waals surface area contributed by atoms with E-state index >= 15 is 0 Å². The van der Waals surface area contributed by atoms with Gasteiger partial charge in [-0.2, -0.15) is 0 Å². The summed E-state index contributed by atoms with van der Waals surface area (Å²) in [6.07, 6.45) is 1.81. The average Bonchev–Trinajstić information content (AvgIpc) is 2.59. The largest absolute Gasteiger partial charge is 0.371 e. The molecular formula is C21H26N2O. The second-order valence-electron chi connectivity index (χ2n) is 6.89. The summed E-state index contributed by atoms with van der Waals surface area (Å²) in [6.45, 7) is 8.14. The Morgan fingerprint density at radius 1 is 0.958 bits per heavy atom. The van der Waals surface area contributed by atoms with Crippen LogP contribution in [0.4, 0.5) is 11.4 Å². The maximum absolute atomic E-state index is 12.5. The number of hydrogen-bond acceptors (Lipinski definition) is 2. The Bertz CT molecular complexity index is 713. The summed E-state index contributed by atoms with van der Waals surface area (Å²) in [4.78, 5) is 14.9. The number of hydrogen-bond donors (Lipinski definition) is 1. The van der Waals surface area contributed by atoms with E-state index in [0.29, 0.717) is 0 Å². The van der Waals surface area contributed by atoms with Gasteiger partial charge >= 0.3 is 0 Å². The molecule has 1 saturated heterocycles. The Morgan fingerprint density at radius 3 is 2.25 bits per heavy atom. The molecule has 0 radical (unpaired) electrons. The van der Waals surface area contributed by atoms with Crippen molar-refractivity contribution >= 4 is 17.3 Å². The fraction of sp³-hybridized carbons (Fsp3) is 0.381. The second-order valence-corrected chi connectivity index (χ2v) is 6.89. The summed E-state index contributed by atoms with van der Waals surface area (Å²) >= 11 is 0. The molecule has 1 amide bonds. The van der Waals surface area contributed by atoms with Gasteiger partial charge in [0.1, 0.15) is 0 Å². The monoisotopic (exact) mass is 322 g/mol. The summed E-state index contributed by atoms with van der Waals surface area (Å²) < 4.78 is 0. The van der Waals surface area contributed by atoms with Crippen molar-refractivity contribution in [2.75, 3.05) is 23.3 Å². The molecule has 0 aliphatic carbocycles. The second kappa shape index (κ2) is 7.08. The van der Waals surface area contributed by atoms with Crippen LogP contribution in [0.5, 0.6) is 0 Å². The first kappa shape index (κ1) is 16.6. The molecule has 2 aromatic rings. The maximum Gasteiger partial charge on any atom is 0.227 e. The average molecular weight is 322 g/mol. The first-order valence-electron chi connectivity index (χ1n) is 8.72. The Balaban J connectivity index is 1.56. The summed E-state index contributed by atoms with van der Waals surface area (Å²) in [5.74, 6) is 0.259. The van der Waals surface area contributed by atoms with Crippen LogP contribution in [-0.4, -0.2) is 19.0 Å². The van der Waals surface area contributed by atoms with E-state index in [0.717, 1.165) is 31.6 Å². The quantitative estimate of drug-likeness (QED) is 0.904. The lowest BCUT2D eigenvalue weighted by Gasteiger charge is -2.33. The Kier molecular flexibility index (Phi) is 4.89. The van der Waals surface area contributed by atoms with Crippen molar-refractivity contribution in [2.24, 2.45) is 5.92 Å². The van der Waals surface area contributed by atoms with Gasteiger partial charge in [0.15, 0.2) is 0 Å². The molecule has 0 aromatic heterocycles. The Labute approximate surface area is 144 Å². The van der Waals surface area contributed by atoms with Gasteiger partial charge in [-0.3, -0.25) is 4.79 Å². The van der Waals surface area contributed by atoms with Crippen molar-refractivity contribution in [3.8, 4) is 0 Å². The normalized spacial score (nSPS) is 15.4. The Hall–Kier alpha value is -2.29. The van der Waals surface area contributed by atoms with Crippen LogP contribution in [0, 0.1) is 26.7 Å². The van der Waals surface area contributed by atoms with Crippen molar-refractivity contribution in [3.63, 3.8) is 0 Å². The van der Waals surface area contributed by atoms with Crippen molar-refractivity contribution in [2.45, 2.75) is 33.6 Å². The third kappa shape index (κ3) is 3.78. The summed E-state index contributed by atoms with van der Waals surface area (Å²) in [5, 5.41) is 3.08. The molecule has 0 unspecified atom stereocenters. The van der Waals surface area contributed by atoms with Gasteiger partial charge < -0.3 is 10.2 Å². The first-order valence-corrected chi connectivity index (χ1v) is 8.72. The molecule has 1 aliphatic heterocycles. The highest BCUT2D eigenvalue weighted by atomic mass is 16.1. The lowest BCUT2D eigenvalue weighted by atomic mass is 9.95. The number of carbonyl (C=O) groups excluding carboxylic acids is 1. The molecule has 3 heteroatoms. The van der Waals surface area contributed by atoms with Crippen LogP contribution in [-0.2, 0) is 4.79 Å². The van der Waals surface area contributed by atoms with E-state index < -0.39 is 0 Å². The lowest BCUT2D eigenvalue weighted by Crippen LogP contribution is -2.38. The van der Waals surface area contributed by atoms with Crippen LogP contribution in [0.3, 0.4) is 0 Å². The van der Waals surface area contributed by atoms with E-state index in [9.17, 15) is 4.79 Å². The smallest absolute Gasteiger partial charge is 0.227 e. The number of benzene rings is 2. The van der Waals surface area contributed by atoms with Gasteiger partial charge in [0.05, 0.1) is 0 Å². The van der Waals surface area contributed by atoms with Gasteiger partial charge in [0.25, 0.3) is 0 Å². The fourth-order valence-corrected chi connectivity index (χ4v) is 3.22. The minimum Gasteiger partial charge on any atom is -0.371 e. The molecule has 1 heterocycles. The Morgan fingerprint density at radius 2 is 1.62 bits per heavy atom. The molecule has 24 heavy (non-hydrogen) atoms. The van der Waals surface area contributed by atoms with Crippen LogP contribution in [0.25, 0.3) is 0 Å². The molecule has 0 saturated carbocycles. The molecule has 1 aliphatic rings. The van der Waals surface area contributed by atoms with E-state index in [1.807, 2.05) is 6.07 Å². The number of amides is 1. The van der Waals surface area contributed by atoms with E-state index in [1.165, 1.54) is 22.4 Å². The minimum absolute atomic E-state index is 0.105. The van der Waals surface area contributed by atoms with Gasteiger partial charge in [-0.15, -0.1) is 0 Å². The molecule has 1 N–H and O–H groups in total. The highest BCUT2D eigenvalue weighted by Crippen LogP contribution is 2.25. The van der Waals surface area contributed by atoms with Gasteiger partial charge in [-0.25, -0.2) is 0 Å². The fourth-order valence-electron chi connectivity index (χ4n) is 3.22. The van der Waals surface area contributed by atoms with Gasteiger partial charge in [0, 0.05) is 30.4 Å². The van der Waals surface area contributed by atoms with E-state index in [4.69, 9.17) is 0 Å². The minimum atomic E-state index is 0.105. The number of aryl methyl sites for hydroxylation is 3. The highest BCUT2D eigenvalue weighted by molar-refractivity contribution is 5.92. The van der Waals surface area contributed by atoms with Crippen LogP contribution in [0.15, 0.2) is 42.5 Å². The zero-order valence-electron chi connectivity index (χ0n) is 14.8. The summed E-state index contributed by atoms with van der Waals surface area (Å²) in [7, 11) is 0. The number of nitrogens with one attached hydrogen (secondary N) is 1. The molecule has 1 fully saturated rings. The zero-order chi connectivity index (χ0) is 17.1. The van der Waals surface area contributed by atoms with Crippen LogP contribution in [0.2, 0.25) is 0 Å². The predicted molar refractivity (Wildman–Crippen MR) is 101 cm³/mol. The SMILES string of the molecule is Cc1ccc(N2CCC(C(=O)Nc3ccc(C)c(C)c3)CC2)cc1. The number of anilines is 2. The lowest BCUT2D eigenvalue weighted by molar-refractivity contribution is -0.120. The van der Waals surface area contributed by atoms with Crippen molar-refractivity contribution in [1.29, 1.82) is 0 Å². The van der Waals surface area contributed by atoms with Crippen molar-refractivity contribution < 1.29 is 4.79 Å². The van der Waals surface area contributed by atoms with Crippen molar-refractivity contribution in [1.82, 2.24) is 0 Å². The van der Waals surface area contributed by atoms with Gasteiger partial charge in [0.2, 0.25) is 5.91 Å². The van der Waals surface area contributed by atoms with Gasteiger partial charge in [-0.1, -0.05) is 23.8 Å². The van der Waals surface area contributed by atoms with Crippen LogP contribution >= 0.6 is 0 Å². The number of carbonyl (C=O) groups is 1.